The van der Waals surface area contributed by atoms with Crippen LogP contribution in [0.2, 0.25) is 0 Å². The molecule has 0 aromatic heterocycles. The molecule has 0 saturated carbocycles. The summed E-state index contributed by atoms with van der Waals surface area (Å²) in [6.07, 6.45) is -4.36. The number of fused-ring (bicyclic) bond motifs is 1. The van der Waals surface area contributed by atoms with Crippen molar-refractivity contribution < 1.29 is 46.5 Å². The number of carbonyl (C=O) groups is 3. The molecule has 13 heteroatoms. The number of thioether (sulfide) groups is 1. The van der Waals surface area contributed by atoms with Crippen molar-refractivity contribution in [2.45, 2.75) is 76.2 Å². The molecule has 1 aliphatic heterocycles. The molecule has 0 bridgehead atoms. The predicted octanol–water partition coefficient (Wildman–Crippen LogP) is 7.89. The van der Waals surface area contributed by atoms with Crippen LogP contribution >= 0.6 is 11.8 Å². The highest BCUT2D eigenvalue weighted by molar-refractivity contribution is 7.99. The Labute approximate surface area is 282 Å². The zero-order chi connectivity index (χ0) is 34.7. The second-order valence-corrected chi connectivity index (χ2v) is 12.2. The minimum absolute atomic E-state index is 0.0693. The fourth-order valence-electron chi connectivity index (χ4n) is 5.03. The lowest BCUT2D eigenvalue weighted by molar-refractivity contribution is -0.170. The van der Waals surface area contributed by atoms with Gasteiger partial charge in [-0.15, -0.1) is 11.8 Å². The average molecular weight is 689 g/mol. The lowest BCUT2D eigenvalue weighted by Gasteiger charge is -2.25. The molecule has 258 valence electrons. The molecule has 0 spiro atoms. The van der Waals surface area contributed by atoms with E-state index in [1.54, 1.807) is 68.4 Å². The number of alkyl carbamates (subject to hydrolysis) is 1. The summed E-state index contributed by atoms with van der Waals surface area (Å²) in [5.41, 5.74) is 2.05. The smallest absolute Gasteiger partial charge is 0.466 e. The molecular formula is C35H39F3N2O7S. The number of ether oxygens (including phenoxy) is 4. The van der Waals surface area contributed by atoms with E-state index in [-0.39, 0.29) is 32.1 Å². The number of aryl methyl sites for hydroxylation is 1. The monoisotopic (exact) mass is 688 g/mol. The van der Waals surface area contributed by atoms with Gasteiger partial charge in [0.25, 0.3) is 0 Å². The molecule has 3 aromatic carbocycles. The van der Waals surface area contributed by atoms with Crippen LogP contribution in [0.4, 0.5) is 23.7 Å². The van der Waals surface area contributed by atoms with E-state index in [0.717, 1.165) is 23.3 Å². The number of unbranched alkanes of at least 4 members (excludes halogenated alkanes) is 1. The maximum Gasteiger partial charge on any atom is 0.471 e. The van der Waals surface area contributed by atoms with Gasteiger partial charge in [-0.2, -0.15) is 13.2 Å². The lowest BCUT2D eigenvalue weighted by atomic mass is 10.0. The summed E-state index contributed by atoms with van der Waals surface area (Å²) in [7, 11) is 0. The summed E-state index contributed by atoms with van der Waals surface area (Å²) < 4.78 is 62.7. The van der Waals surface area contributed by atoms with Crippen molar-refractivity contribution >= 4 is 35.4 Å². The lowest BCUT2D eigenvalue weighted by Crippen LogP contribution is -2.41. The molecule has 4 rings (SSSR count). The zero-order valence-electron chi connectivity index (χ0n) is 27.0. The van der Waals surface area contributed by atoms with Crippen LogP contribution in [0.1, 0.15) is 62.3 Å². The van der Waals surface area contributed by atoms with E-state index in [9.17, 15) is 27.6 Å². The highest BCUT2D eigenvalue weighted by atomic mass is 32.2. The molecule has 0 unspecified atom stereocenters. The van der Waals surface area contributed by atoms with Gasteiger partial charge in [0.2, 0.25) is 6.79 Å². The third-order valence-corrected chi connectivity index (χ3v) is 8.69. The third-order valence-electron chi connectivity index (χ3n) is 7.56. The molecule has 2 atom stereocenters. The summed E-state index contributed by atoms with van der Waals surface area (Å²) in [5, 5.41) is 2.78. The second-order valence-electron chi connectivity index (χ2n) is 11.1. The predicted molar refractivity (Wildman–Crippen MR) is 175 cm³/mol. The van der Waals surface area contributed by atoms with Crippen LogP contribution in [0.3, 0.4) is 0 Å². The van der Waals surface area contributed by atoms with E-state index < -0.39 is 36.3 Å². The molecule has 0 radical (unpaired) electrons. The van der Waals surface area contributed by atoms with Crippen molar-refractivity contribution in [2.24, 2.45) is 0 Å². The fourth-order valence-corrected chi connectivity index (χ4v) is 6.02. The molecule has 48 heavy (non-hydrogen) atoms. The molecule has 1 N–H and O–H groups in total. The molecule has 0 fully saturated rings. The Morgan fingerprint density at radius 3 is 2.50 bits per heavy atom. The minimum atomic E-state index is -5.07. The summed E-state index contributed by atoms with van der Waals surface area (Å²) in [6.45, 7) is 5.47. The van der Waals surface area contributed by atoms with Crippen molar-refractivity contribution in [1.29, 1.82) is 0 Å². The van der Waals surface area contributed by atoms with Crippen molar-refractivity contribution in [2.75, 3.05) is 24.1 Å². The van der Waals surface area contributed by atoms with Crippen LogP contribution < -0.4 is 19.7 Å². The first-order chi connectivity index (χ1) is 23.0. The molecule has 9 nitrogen and oxygen atoms in total. The maximum atomic E-state index is 13.7. The third kappa shape index (κ3) is 10.3. The van der Waals surface area contributed by atoms with Gasteiger partial charge in [-0.05, 0) is 67.3 Å². The average Bonchev–Trinajstić information content (AvgIpc) is 3.53. The number of rotatable bonds is 15. The summed E-state index contributed by atoms with van der Waals surface area (Å²) >= 11 is 1.30. The standard InChI is InChI=1S/C35H39F3N2O7S/c1-4-6-13-27(47-34(43)39-29(19-32(41)44-5-2)24-15-16-30-31(17-24)46-22-45-30)21-48-28-14-9-12-26(18-28)40(33(42)35(36,37)38)20-25-11-8-7-10-23(25)3/h7-12,14-18,27,29H,4-6,13,19-22H2,1-3H3,(H,39,43)/t27-,29-/m0/s1. The SMILES string of the molecule is CCCC[C@@H](CSc1cccc(N(Cc2ccccc2C)C(=O)C(F)(F)F)c1)OC(=O)N[C@@H](CC(=O)OCC)c1ccc2c(c1)OCO2. The number of anilines is 1. The van der Waals surface area contributed by atoms with Crippen LogP contribution in [0, 0.1) is 6.92 Å². The second kappa shape index (κ2) is 17.1. The number of esters is 1. The molecular weight excluding hydrogens is 649 g/mol. The number of carbonyl (C=O) groups excluding carboxylic acids is 3. The number of hydrogen-bond acceptors (Lipinski definition) is 8. The molecule has 0 saturated heterocycles. The highest BCUT2D eigenvalue weighted by Gasteiger charge is 2.43. The van der Waals surface area contributed by atoms with Gasteiger partial charge >= 0.3 is 24.1 Å². The Kier molecular flexibility index (Phi) is 13.0. The van der Waals surface area contributed by atoms with Gasteiger partial charge in [0.05, 0.1) is 25.6 Å². The molecule has 3 aromatic rings. The number of alkyl halides is 3. The number of amides is 2. The number of halogens is 3. The summed E-state index contributed by atoms with van der Waals surface area (Å²) in [4.78, 5) is 39.5. The van der Waals surface area contributed by atoms with Crippen molar-refractivity contribution in [3.05, 3.63) is 83.4 Å². The molecule has 1 aliphatic rings. The Balaban J connectivity index is 1.47. The van der Waals surface area contributed by atoms with Gasteiger partial charge in [-0.3, -0.25) is 9.59 Å². The van der Waals surface area contributed by atoms with E-state index >= 15 is 0 Å². The largest absolute Gasteiger partial charge is 0.471 e. The number of benzene rings is 3. The summed E-state index contributed by atoms with van der Waals surface area (Å²) in [6, 6.07) is 17.6. The van der Waals surface area contributed by atoms with E-state index in [0.29, 0.717) is 39.7 Å². The number of hydrogen-bond donors (Lipinski definition) is 1. The number of nitrogens with zero attached hydrogens (tertiary/aromatic N) is 1. The quantitative estimate of drug-likeness (QED) is 0.127. The Bertz CT molecular complexity index is 1570. The van der Waals surface area contributed by atoms with E-state index in [1.807, 2.05) is 6.92 Å². The normalized spacial score (nSPS) is 13.4. The Morgan fingerprint density at radius 2 is 1.77 bits per heavy atom. The molecule has 0 aliphatic carbocycles. The Morgan fingerprint density at radius 1 is 1.00 bits per heavy atom. The first kappa shape index (κ1) is 36.4. The fraction of sp³-hybridized carbons (Fsp3) is 0.400. The first-order valence-corrected chi connectivity index (χ1v) is 16.6. The van der Waals surface area contributed by atoms with Crippen LogP contribution in [0.15, 0.2) is 71.6 Å². The Hall–Kier alpha value is -4.39. The van der Waals surface area contributed by atoms with Gasteiger partial charge < -0.3 is 29.2 Å². The van der Waals surface area contributed by atoms with Crippen molar-refractivity contribution in [3.8, 4) is 11.5 Å². The topological polar surface area (TPSA) is 103 Å². The van der Waals surface area contributed by atoms with E-state index in [4.69, 9.17) is 18.9 Å². The van der Waals surface area contributed by atoms with Crippen LogP contribution in [-0.4, -0.2) is 49.4 Å². The molecule has 2 amide bonds. The zero-order valence-corrected chi connectivity index (χ0v) is 27.8. The van der Waals surface area contributed by atoms with E-state index in [2.05, 4.69) is 5.32 Å². The maximum absolute atomic E-state index is 13.7. The van der Waals surface area contributed by atoms with Gasteiger partial charge in [0.1, 0.15) is 6.10 Å². The van der Waals surface area contributed by atoms with Crippen LogP contribution in [0.5, 0.6) is 11.5 Å². The minimum Gasteiger partial charge on any atom is -0.466 e. The van der Waals surface area contributed by atoms with Crippen LogP contribution in [0.25, 0.3) is 0 Å². The molecule has 1 heterocycles. The first-order valence-electron chi connectivity index (χ1n) is 15.7. The highest BCUT2D eigenvalue weighted by Crippen LogP contribution is 2.35. The van der Waals surface area contributed by atoms with Gasteiger partial charge in [0.15, 0.2) is 11.5 Å². The van der Waals surface area contributed by atoms with Crippen LogP contribution in [-0.2, 0) is 25.6 Å². The van der Waals surface area contributed by atoms with Crippen molar-refractivity contribution in [1.82, 2.24) is 5.32 Å². The van der Waals surface area contributed by atoms with E-state index in [1.165, 1.54) is 23.9 Å². The summed E-state index contributed by atoms with van der Waals surface area (Å²) in [5.74, 6) is -1.12. The van der Waals surface area contributed by atoms with Gasteiger partial charge in [-0.1, -0.05) is 56.2 Å². The van der Waals surface area contributed by atoms with Crippen molar-refractivity contribution in [3.63, 3.8) is 0 Å². The number of nitrogens with one attached hydrogen (secondary N) is 1. The van der Waals surface area contributed by atoms with Gasteiger partial charge in [-0.25, -0.2) is 4.79 Å². The van der Waals surface area contributed by atoms with Gasteiger partial charge in [0, 0.05) is 16.3 Å².